The monoisotopic (exact) mass is 269 g/mol. The fourth-order valence-electron chi connectivity index (χ4n) is 1.70. The Hall–Kier alpha value is -1.10. The van der Waals surface area contributed by atoms with Gasteiger partial charge >= 0.3 is 0 Å². The number of amides is 1. The number of hydrogen-bond donors (Lipinski definition) is 2. The predicted molar refractivity (Wildman–Crippen MR) is 61.3 cm³/mol. The molecule has 0 spiro atoms. The highest BCUT2D eigenvalue weighted by Crippen LogP contribution is 2.27. The minimum atomic E-state index is 0.133. The Morgan fingerprint density at radius 3 is 3.00 bits per heavy atom. The van der Waals surface area contributed by atoms with Crippen LogP contribution < -0.4 is 11.1 Å². The molecule has 1 atom stereocenters. The molecular formula is C10H12BrN3O. The van der Waals surface area contributed by atoms with Crippen LogP contribution >= 0.6 is 15.9 Å². The first kappa shape index (κ1) is 10.4. The van der Waals surface area contributed by atoms with Crippen molar-refractivity contribution in [1.82, 2.24) is 10.3 Å². The molecule has 0 aliphatic carbocycles. The zero-order valence-corrected chi connectivity index (χ0v) is 9.75. The maximum Gasteiger partial charge on any atom is 0.220 e. The lowest BCUT2D eigenvalue weighted by atomic mass is 9.93. The van der Waals surface area contributed by atoms with E-state index in [1.807, 2.05) is 6.07 Å². The number of hydrogen-bond acceptors (Lipinski definition) is 3. The molecule has 1 saturated heterocycles. The lowest BCUT2D eigenvalue weighted by Crippen LogP contribution is -2.33. The smallest absolute Gasteiger partial charge is 0.220 e. The molecular weight excluding hydrogens is 258 g/mol. The van der Waals surface area contributed by atoms with Crippen LogP contribution in [0.15, 0.2) is 16.7 Å². The molecule has 0 saturated carbocycles. The van der Waals surface area contributed by atoms with E-state index >= 15 is 0 Å². The van der Waals surface area contributed by atoms with Crippen molar-refractivity contribution in [1.29, 1.82) is 0 Å². The molecule has 2 rings (SSSR count). The second-order valence-electron chi connectivity index (χ2n) is 3.68. The summed E-state index contributed by atoms with van der Waals surface area (Å²) in [5, 5.41) is 2.85. The Bertz CT molecular complexity index is 384. The SMILES string of the molecule is Nc1ncc([C@@H]2CCC(=O)NC2)cc1Br. The van der Waals surface area contributed by atoms with Crippen molar-refractivity contribution in [3.8, 4) is 0 Å². The molecule has 1 fully saturated rings. The van der Waals surface area contributed by atoms with Crippen molar-refractivity contribution in [2.24, 2.45) is 0 Å². The van der Waals surface area contributed by atoms with Crippen LogP contribution in [-0.2, 0) is 4.79 Å². The summed E-state index contributed by atoms with van der Waals surface area (Å²) in [6.45, 7) is 0.691. The fraction of sp³-hybridized carbons (Fsp3) is 0.400. The molecule has 4 nitrogen and oxygen atoms in total. The minimum absolute atomic E-state index is 0.133. The Balaban J connectivity index is 2.16. The molecule has 5 heteroatoms. The average Bonchev–Trinajstić information content (AvgIpc) is 2.23. The van der Waals surface area contributed by atoms with Gasteiger partial charge in [0.05, 0.1) is 4.47 Å². The van der Waals surface area contributed by atoms with Gasteiger partial charge in [-0.25, -0.2) is 4.98 Å². The van der Waals surface area contributed by atoms with E-state index < -0.39 is 0 Å². The second kappa shape index (κ2) is 4.18. The van der Waals surface area contributed by atoms with Gasteiger partial charge in [-0.3, -0.25) is 4.79 Å². The van der Waals surface area contributed by atoms with Crippen LogP contribution in [0.5, 0.6) is 0 Å². The third kappa shape index (κ3) is 2.28. The number of piperidine rings is 1. The molecule has 1 aromatic heterocycles. The molecule has 0 aromatic carbocycles. The third-order valence-corrected chi connectivity index (χ3v) is 3.26. The summed E-state index contributed by atoms with van der Waals surface area (Å²) in [6, 6.07) is 1.98. The van der Waals surface area contributed by atoms with Gasteiger partial charge in [0.15, 0.2) is 0 Å². The van der Waals surface area contributed by atoms with Crippen molar-refractivity contribution < 1.29 is 4.79 Å². The van der Waals surface area contributed by atoms with Crippen molar-refractivity contribution >= 4 is 27.7 Å². The van der Waals surface area contributed by atoms with Crippen LogP contribution in [0.25, 0.3) is 0 Å². The summed E-state index contributed by atoms with van der Waals surface area (Å²) in [6.07, 6.45) is 3.25. The lowest BCUT2D eigenvalue weighted by molar-refractivity contribution is -0.122. The van der Waals surface area contributed by atoms with Crippen LogP contribution in [0, 0.1) is 0 Å². The number of carbonyl (C=O) groups is 1. The van der Waals surface area contributed by atoms with Crippen LogP contribution in [-0.4, -0.2) is 17.4 Å². The molecule has 3 N–H and O–H groups in total. The number of nitrogen functional groups attached to an aromatic ring is 1. The Labute approximate surface area is 96.4 Å². The normalized spacial score (nSPS) is 21.1. The van der Waals surface area contributed by atoms with E-state index in [2.05, 4.69) is 26.2 Å². The third-order valence-electron chi connectivity index (χ3n) is 2.63. The molecule has 0 bridgehead atoms. The highest BCUT2D eigenvalue weighted by atomic mass is 79.9. The first-order valence-corrected chi connectivity index (χ1v) is 5.63. The number of aromatic nitrogens is 1. The Morgan fingerprint density at radius 2 is 2.40 bits per heavy atom. The molecule has 1 aliphatic heterocycles. The lowest BCUT2D eigenvalue weighted by Gasteiger charge is -2.22. The molecule has 2 heterocycles. The minimum Gasteiger partial charge on any atom is -0.383 e. The van der Waals surface area contributed by atoms with Gasteiger partial charge < -0.3 is 11.1 Å². The molecule has 0 radical (unpaired) electrons. The molecule has 1 aromatic rings. The standard InChI is InChI=1S/C10H12BrN3O/c11-8-3-7(5-14-10(8)12)6-1-2-9(15)13-4-6/h3,5-6H,1-2,4H2,(H2,12,14)(H,13,15)/t6-/m1/s1. The molecule has 15 heavy (non-hydrogen) atoms. The van der Waals surface area contributed by atoms with Crippen LogP contribution in [0.4, 0.5) is 5.82 Å². The number of nitrogens with one attached hydrogen (secondary N) is 1. The van der Waals surface area contributed by atoms with Crippen LogP contribution in [0.2, 0.25) is 0 Å². The number of pyridine rings is 1. The fourth-order valence-corrected chi connectivity index (χ4v) is 2.07. The van der Waals surface area contributed by atoms with Gasteiger partial charge in [0.1, 0.15) is 5.82 Å². The van der Waals surface area contributed by atoms with E-state index in [1.165, 1.54) is 0 Å². The summed E-state index contributed by atoms with van der Waals surface area (Å²) in [4.78, 5) is 15.1. The summed E-state index contributed by atoms with van der Waals surface area (Å²) in [7, 11) is 0. The van der Waals surface area contributed by atoms with Gasteiger partial charge in [-0.2, -0.15) is 0 Å². The van der Waals surface area contributed by atoms with Gasteiger partial charge in [-0.05, 0) is 34.0 Å². The summed E-state index contributed by atoms with van der Waals surface area (Å²) >= 11 is 3.35. The van der Waals surface area contributed by atoms with Gasteiger partial charge in [-0.15, -0.1) is 0 Å². The number of nitrogens with zero attached hydrogens (tertiary/aromatic N) is 1. The summed E-state index contributed by atoms with van der Waals surface area (Å²) < 4.78 is 0.817. The highest BCUT2D eigenvalue weighted by Gasteiger charge is 2.20. The van der Waals surface area contributed by atoms with E-state index in [0.717, 1.165) is 16.5 Å². The quantitative estimate of drug-likeness (QED) is 0.811. The molecule has 1 aliphatic rings. The highest BCUT2D eigenvalue weighted by molar-refractivity contribution is 9.10. The number of nitrogens with two attached hydrogens (primary N) is 1. The predicted octanol–water partition coefficient (Wildman–Crippen LogP) is 1.42. The van der Waals surface area contributed by atoms with E-state index in [-0.39, 0.29) is 5.91 Å². The van der Waals surface area contributed by atoms with Crippen LogP contribution in [0.3, 0.4) is 0 Å². The summed E-state index contributed by atoms with van der Waals surface area (Å²) in [5.74, 6) is 0.986. The second-order valence-corrected chi connectivity index (χ2v) is 4.53. The first-order chi connectivity index (χ1) is 7.16. The van der Waals surface area contributed by atoms with E-state index in [4.69, 9.17) is 5.73 Å². The van der Waals surface area contributed by atoms with Crippen molar-refractivity contribution in [2.45, 2.75) is 18.8 Å². The van der Waals surface area contributed by atoms with Crippen LogP contribution in [0.1, 0.15) is 24.3 Å². The number of anilines is 1. The number of carbonyl (C=O) groups excluding carboxylic acids is 1. The Kier molecular flexibility index (Phi) is 2.90. The largest absolute Gasteiger partial charge is 0.383 e. The van der Waals surface area contributed by atoms with Crippen molar-refractivity contribution in [2.75, 3.05) is 12.3 Å². The average molecular weight is 270 g/mol. The van der Waals surface area contributed by atoms with Gasteiger partial charge in [0.25, 0.3) is 0 Å². The maximum atomic E-state index is 11.0. The van der Waals surface area contributed by atoms with Crippen molar-refractivity contribution in [3.05, 3.63) is 22.3 Å². The number of halogens is 1. The summed E-state index contributed by atoms with van der Waals surface area (Å²) in [5.41, 5.74) is 6.73. The first-order valence-electron chi connectivity index (χ1n) is 4.84. The zero-order valence-electron chi connectivity index (χ0n) is 8.16. The number of rotatable bonds is 1. The maximum absolute atomic E-state index is 11.0. The van der Waals surface area contributed by atoms with E-state index in [9.17, 15) is 4.79 Å². The van der Waals surface area contributed by atoms with Crippen molar-refractivity contribution in [3.63, 3.8) is 0 Å². The molecule has 80 valence electrons. The molecule has 0 unspecified atom stereocenters. The topological polar surface area (TPSA) is 68.0 Å². The van der Waals surface area contributed by atoms with Gasteiger partial charge in [0.2, 0.25) is 5.91 Å². The van der Waals surface area contributed by atoms with Gasteiger partial charge in [-0.1, -0.05) is 0 Å². The zero-order chi connectivity index (χ0) is 10.8. The van der Waals surface area contributed by atoms with E-state index in [1.54, 1.807) is 6.20 Å². The van der Waals surface area contributed by atoms with Gasteiger partial charge in [0, 0.05) is 25.1 Å². The van der Waals surface area contributed by atoms with E-state index in [0.29, 0.717) is 24.7 Å². The molecule has 1 amide bonds. The Morgan fingerprint density at radius 1 is 1.60 bits per heavy atom.